The van der Waals surface area contributed by atoms with Crippen LogP contribution in [0.25, 0.3) is 0 Å². The summed E-state index contributed by atoms with van der Waals surface area (Å²) in [6, 6.07) is 8.57. The molecule has 1 aliphatic heterocycles. The molecule has 0 radical (unpaired) electrons. The third-order valence-electron chi connectivity index (χ3n) is 3.98. The van der Waals surface area contributed by atoms with Crippen LogP contribution >= 0.6 is 11.3 Å². The van der Waals surface area contributed by atoms with Crippen molar-refractivity contribution in [3.8, 4) is 0 Å². The van der Waals surface area contributed by atoms with E-state index in [4.69, 9.17) is 11.5 Å². The van der Waals surface area contributed by atoms with Crippen molar-refractivity contribution in [2.75, 3.05) is 31.1 Å². The van der Waals surface area contributed by atoms with E-state index in [9.17, 15) is 0 Å². The molecule has 0 saturated carbocycles. The molecule has 0 bridgehead atoms. The number of nitrogens with two attached hydrogens (primary N) is 2. The van der Waals surface area contributed by atoms with Gasteiger partial charge >= 0.3 is 0 Å². The van der Waals surface area contributed by atoms with Gasteiger partial charge in [0.25, 0.3) is 0 Å². The standard InChI is InChI=1S/C16H22N6S/c1-12-4-2-3-5-14(12)22-8-6-21(7-9-22)10-13-11-23-16(19-13)20-15(17)18/h2-5,11H,6-10H2,1H3,(H4,17,18,19,20). The molecule has 1 fully saturated rings. The van der Waals surface area contributed by atoms with E-state index >= 15 is 0 Å². The Balaban J connectivity index is 1.56. The molecule has 1 saturated heterocycles. The van der Waals surface area contributed by atoms with Crippen molar-refractivity contribution in [1.82, 2.24) is 9.88 Å². The minimum absolute atomic E-state index is 0.0535. The Hall–Kier alpha value is -2.12. The number of guanidine groups is 1. The molecule has 23 heavy (non-hydrogen) atoms. The number of thiazole rings is 1. The van der Waals surface area contributed by atoms with E-state index in [0.29, 0.717) is 5.13 Å². The Morgan fingerprint density at radius 1 is 1.22 bits per heavy atom. The Morgan fingerprint density at radius 3 is 2.65 bits per heavy atom. The maximum atomic E-state index is 5.38. The highest BCUT2D eigenvalue weighted by Gasteiger charge is 2.19. The summed E-state index contributed by atoms with van der Waals surface area (Å²) in [4.78, 5) is 13.3. The first-order valence-corrected chi connectivity index (χ1v) is 8.57. The molecule has 0 atom stereocenters. The zero-order valence-corrected chi connectivity index (χ0v) is 14.1. The first-order chi connectivity index (χ1) is 11.1. The van der Waals surface area contributed by atoms with Crippen molar-refractivity contribution in [3.63, 3.8) is 0 Å². The second kappa shape index (κ2) is 6.97. The zero-order chi connectivity index (χ0) is 16.2. The van der Waals surface area contributed by atoms with Gasteiger partial charge in [0.1, 0.15) is 0 Å². The van der Waals surface area contributed by atoms with Crippen LogP contribution in [0.4, 0.5) is 10.8 Å². The van der Waals surface area contributed by atoms with E-state index in [2.05, 4.69) is 51.0 Å². The molecule has 7 heteroatoms. The third-order valence-corrected chi connectivity index (χ3v) is 4.76. The highest BCUT2D eigenvalue weighted by atomic mass is 32.1. The van der Waals surface area contributed by atoms with Gasteiger partial charge in [0.05, 0.1) is 5.69 Å². The summed E-state index contributed by atoms with van der Waals surface area (Å²) < 4.78 is 0. The van der Waals surface area contributed by atoms with Gasteiger partial charge in [-0.15, -0.1) is 11.3 Å². The van der Waals surface area contributed by atoms with Gasteiger partial charge in [0.15, 0.2) is 5.96 Å². The topological polar surface area (TPSA) is 83.8 Å². The Kier molecular flexibility index (Phi) is 4.78. The minimum atomic E-state index is 0.0535. The minimum Gasteiger partial charge on any atom is -0.370 e. The summed E-state index contributed by atoms with van der Waals surface area (Å²) in [6.45, 7) is 7.15. The molecule has 3 rings (SSSR count). The lowest BCUT2D eigenvalue weighted by atomic mass is 10.1. The van der Waals surface area contributed by atoms with Gasteiger partial charge < -0.3 is 16.4 Å². The normalized spacial score (nSPS) is 15.6. The average molecular weight is 330 g/mol. The van der Waals surface area contributed by atoms with E-state index in [1.807, 2.05) is 5.38 Å². The molecule has 0 amide bonds. The van der Waals surface area contributed by atoms with Gasteiger partial charge in [-0.25, -0.2) is 4.98 Å². The van der Waals surface area contributed by atoms with Crippen molar-refractivity contribution >= 4 is 28.1 Å². The van der Waals surface area contributed by atoms with Crippen LogP contribution in [-0.2, 0) is 6.54 Å². The number of anilines is 1. The Morgan fingerprint density at radius 2 is 1.96 bits per heavy atom. The maximum Gasteiger partial charge on any atom is 0.212 e. The molecule has 0 aliphatic carbocycles. The van der Waals surface area contributed by atoms with Gasteiger partial charge in [-0.1, -0.05) is 18.2 Å². The molecule has 0 unspecified atom stereocenters. The van der Waals surface area contributed by atoms with E-state index in [-0.39, 0.29) is 5.96 Å². The summed E-state index contributed by atoms with van der Waals surface area (Å²) in [5.41, 5.74) is 14.5. The number of aryl methyl sites for hydroxylation is 1. The molecule has 2 heterocycles. The first kappa shape index (κ1) is 15.8. The highest BCUT2D eigenvalue weighted by Crippen LogP contribution is 2.23. The van der Waals surface area contributed by atoms with E-state index in [0.717, 1.165) is 38.4 Å². The van der Waals surface area contributed by atoms with Crippen molar-refractivity contribution < 1.29 is 0 Å². The lowest BCUT2D eigenvalue weighted by Crippen LogP contribution is -2.46. The zero-order valence-electron chi connectivity index (χ0n) is 13.3. The summed E-state index contributed by atoms with van der Waals surface area (Å²) >= 11 is 1.47. The number of hydrogen-bond donors (Lipinski definition) is 2. The van der Waals surface area contributed by atoms with E-state index < -0.39 is 0 Å². The average Bonchev–Trinajstić information content (AvgIpc) is 2.95. The predicted molar refractivity (Wildman–Crippen MR) is 96.3 cm³/mol. The Bertz CT molecular complexity index is 683. The van der Waals surface area contributed by atoms with Gasteiger partial charge in [0, 0.05) is 43.8 Å². The Labute approximate surface area is 140 Å². The third kappa shape index (κ3) is 4.00. The first-order valence-electron chi connectivity index (χ1n) is 7.69. The quantitative estimate of drug-likeness (QED) is 0.658. The molecule has 0 spiro atoms. The van der Waals surface area contributed by atoms with Crippen LogP contribution < -0.4 is 16.4 Å². The number of aliphatic imine (C=N–C) groups is 1. The summed E-state index contributed by atoms with van der Waals surface area (Å²) in [7, 11) is 0. The van der Waals surface area contributed by atoms with Crippen molar-refractivity contribution in [2.24, 2.45) is 16.5 Å². The van der Waals surface area contributed by atoms with Crippen LogP contribution in [0.15, 0.2) is 34.6 Å². The van der Waals surface area contributed by atoms with Crippen molar-refractivity contribution in [2.45, 2.75) is 13.5 Å². The lowest BCUT2D eigenvalue weighted by Gasteiger charge is -2.36. The largest absolute Gasteiger partial charge is 0.370 e. The number of benzene rings is 1. The fourth-order valence-electron chi connectivity index (χ4n) is 2.82. The molecule has 122 valence electrons. The highest BCUT2D eigenvalue weighted by molar-refractivity contribution is 7.13. The molecule has 6 nitrogen and oxygen atoms in total. The van der Waals surface area contributed by atoms with Gasteiger partial charge in [-0.05, 0) is 18.6 Å². The smallest absolute Gasteiger partial charge is 0.212 e. The van der Waals surface area contributed by atoms with Crippen LogP contribution in [0, 0.1) is 6.92 Å². The molecular weight excluding hydrogens is 308 g/mol. The van der Waals surface area contributed by atoms with Crippen LogP contribution in [0.3, 0.4) is 0 Å². The number of rotatable bonds is 4. The SMILES string of the molecule is Cc1ccccc1N1CCN(Cc2csc(N=C(N)N)n2)CC1. The monoisotopic (exact) mass is 330 g/mol. The van der Waals surface area contributed by atoms with Gasteiger partial charge in [-0.2, -0.15) is 4.99 Å². The molecule has 2 aromatic rings. The van der Waals surface area contributed by atoms with Gasteiger partial charge in [0.2, 0.25) is 5.13 Å². The van der Waals surface area contributed by atoms with Crippen molar-refractivity contribution in [3.05, 3.63) is 40.9 Å². The fourth-order valence-corrected chi connectivity index (χ4v) is 3.52. The molecular formula is C16H22N6S. The lowest BCUT2D eigenvalue weighted by molar-refractivity contribution is 0.247. The van der Waals surface area contributed by atoms with E-state index in [1.54, 1.807) is 0 Å². The van der Waals surface area contributed by atoms with Gasteiger partial charge in [-0.3, -0.25) is 4.90 Å². The predicted octanol–water partition coefficient (Wildman–Crippen LogP) is 1.68. The maximum absolute atomic E-state index is 5.38. The second-order valence-electron chi connectivity index (χ2n) is 5.71. The summed E-state index contributed by atoms with van der Waals surface area (Å²) in [5, 5.41) is 2.65. The molecule has 1 aromatic heterocycles. The number of piperazine rings is 1. The van der Waals surface area contributed by atoms with Crippen LogP contribution in [0.1, 0.15) is 11.3 Å². The molecule has 1 aromatic carbocycles. The number of aromatic nitrogens is 1. The molecule has 1 aliphatic rings. The number of para-hydroxylation sites is 1. The van der Waals surface area contributed by atoms with Crippen LogP contribution in [0.5, 0.6) is 0 Å². The molecule has 4 N–H and O–H groups in total. The van der Waals surface area contributed by atoms with Crippen LogP contribution in [-0.4, -0.2) is 42.0 Å². The van der Waals surface area contributed by atoms with Crippen molar-refractivity contribution in [1.29, 1.82) is 0 Å². The van der Waals surface area contributed by atoms with E-state index in [1.165, 1.54) is 22.6 Å². The number of nitrogens with zero attached hydrogens (tertiary/aromatic N) is 4. The van der Waals surface area contributed by atoms with Crippen LogP contribution in [0.2, 0.25) is 0 Å². The number of hydrogen-bond acceptors (Lipinski definition) is 5. The fraction of sp³-hybridized carbons (Fsp3) is 0.375. The summed E-state index contributed by atoms with van der Waals surface area (Å²) in [6.07, 6.45) is 0. The summed E-state index contributed by atoms with van der Waals surface area (Å²) in [5.74, 6) is 0.0535. The second-order valence-corrected chi connectivity index (χ2v) is 6.54.